The summed E-state index contributed by atoms with van der Waals surface area (Å²) in [4.78, 5) is 0.311. The molecule has 4 nitrogen and oxygen atoms in total. The monoisotopic (exact) mass is 395 g/mol. The molecule has 2 aromatic carbocycles. The largest absolute Gasteiger partial charge is 0.502 e. The Kier molecular flexibility index (Phi) is 6.01. The second kappa shape index (κ2) is 8.63. The Hall–Kier alpha value is -3.25. The van der Waals surface area contributed by atoms with Gasteiger partial charge in [-0.25, -0.2) is 4.39 Å². The molecular weight excluding hydrogens is 375 g/mol. The third kappa shape index (κ3) is 4.53. The van der Waals surface area contributed by atoms with Gasteiger partial charge in [0.15, 0.2) is 23.1 Å². The number of aromatic nitrogens is 1. The first kappa shape index (κ1) is 19.5. The molecule has 142 valence electrons. The normalized spacial score (nSPS) is 11.5. The molecule has 0 unspecified atom stereocenters. The second-order valence-corrected chi connectivity index (χ2v) is 6.59. The second-order valence-electron chi connectivity index (χ2n) is 6.18. The molecule has 3 rings (SSSR count). The lowest BCUT2D eigenvalue weighted by atomic mass is 10.1. The first-order valence-corrected chi connectivity index (χ1v) is 9.01. The topological polar surface area (TPSA) is 45.4 Å². The van der Waals surface area contributed by atoms with E-state index in [9.17, 15) is 9.50 Å². The van der Waals surface area contributed by atoms with Crippen LogP contribution in [0.5, 0.6) is 5.75 Å². The number of aryl methyl sites for hydroxylation is 1. The van der Waals surface area contributed by atoms with Crippen molar-refractivity contribution in [3.8, 4) is 5.75 Å². The van der Waals surface area contributed by atoms with Gasteiger partial charge in [0.1, 0.15) is 11.6 Å². The Labute approximate surface area is 168 Å². The minimum Gasteiger partial charge on any atom is -0.502 e. The number of ether oxygens (including phenoxy) is 1. The summed E-state index contributed by atoms with van der Waals surface area (Å²) in [6, 6.07) is 16.7. The van der Waals surface area contributed by atoms with Crippen LogP contribution in [0.2, 0.25) is 0 Å². The molecule has 3 aromatic rings. The zero-order chi connectivity index (χ0) is 20.1. The van der Waals surface area contributed by atoms with E-state index in [-0.39, 0.29) is 11.6 Å². The number of anilines is 1. The van der Waals surface area contributed by atoms with Crippen LogP contribution in [-0.4, -0.2) is 17.2 Å². The van der Waals surface area contributed by atoms with E-state index in [1.807, 2.05) is 43.5 Å². The van der Waals surface area contributed by atoms with Crippen LogP contribution in [0.15, 0.2) is 73.1 Å². The van der Waals surface area contributed by atoms with Gasteiger partial charge in [-0.3, -0.25) is 0 Å². The number of nitrogens with zero attached hydrogens (tertiary/aromatic N) is 1. The standard InChI is InChI=1S/C22H19FN2O2S/c1-15-5-4-12-25(14-15)20(21(26)16-8-10-17(23)11-9-16)22(28)24-18-6-3-7-19(13-18)27-2/h3-14H,1-2H3,(H-,24,26,28)/p+1. The molecule has 1 aromatic heterocycles. The van der Waals surface area contributed by atoms with E-state index < -0.39 is 0 Å². The van der Waals surface area contributed by atoms with Gasteiger partial charge in [0, 0.05) is 28.9 Å². The fraction of sp³-hybridized carbons (Fsp3) is 0.0909. The van der Waals surface area contributed by atoms with Gasteiger partial charge in [0.25, 0.3) is 5.70 Å². The molecule has 0 amide bonds. The number of nitrogens with one attached hydrogen (secondary N) is 1. The van der Waals surface area contributed by atoms with Crippen LogP contribution in [0.25, 0.3) is 11.5 Å². The molecule has 0 bridgehead atoms. The number of thiocarbonyl (C=S) groups is 1. The van der Waals surface area contributed by atoms with Gasteiger partial charge in [-0.1, -0.05) is 18.3 Å². The summed E-state index contributed by atoms with van der Waals surface area (Å²) in [5, 5.41) is 14.1. The summed E-state index contributed by atoms with van der Waals surface area (Å²) in [5.41, 5.74) is 2.56. The lowest BCUT2D eigenvalue weighted by Gasteiger charge is -2.11. The van der Waals surface area contributed by atoms with Gasteiger partial charge in [-0.2, -0.15) is 4.57 Å². The van der Waals surface area contributed by atoms with Crippen LogP contribution in [0.4, 0.5) is 10.1 Å². The average Bonchev–Trinajstić information content (AvgIpc) is 2.69. The van der Waals surface area contributed by atoms with Crippen molar-refractivity contribution in [3.63, 3.8) is 0 Å². The summed E-state index contributed by atoms with van der Waals surface area (Å²) in [5.74, 6) is 0.249. The number of aliphatic hydroxyl groups excluding tert-OH is 1. The highest BCUT2D eigenvalue weighted by molar-refractivity contribution is 7.81. The van der Waals surface area contributed by atoms with E-state index in [4.69, 9.17) is 17.0 Å². The molecule has 0 radical (unpaired) electrons. The minimum absolute atomic E-state index is 0.0593. The molecular formula is C22H20FN2O2S+. The fourth-order valence-electron chi connectivity index (χ4n) is 2.71. The molecule has 0 aliphatic rings. The summed E-state index contributed by atoms with van der Waals surface area (Å²) in [7, 11) is 1.59. The van der Waals surface area contributed by atoms with Gasteiger partial charge in [0.2, 0.25) is 0 Å². The van der Waals surface area contributed by atoms with Gasteiger partial charge in [-0.05, 0) is 49.4 Å². The smallest absolute Gasteiger partial charge is 0.288 e. The number of hydrogen-bond donors (Lipinski definition) is 2. The maximum atomic E-state index is 13.3. The number of pyridine rings is 1. The highest BCUT2D eigenvalue weighted by atomic mass is 32.1. The summed E-state index contributed by atoms with van der Waals surface area (Å²) in [6.45, 7) is 1.95. The number of aliphatic hydroxyl groups is 1. The lowest BCUT2D eigenvalue weighted by molar-refractivity contribution is -0.576. The predicted octanol–water partition coefficient (Wildman–Crippen LogP) is 4.75. The van der Waals surface area contributed by atoms with Gasteiger partial charge >= 0.3 is 0 Å². The highest BCUT2D eigenvalue weighted by Gasteiger charge is 2.24. The van der Waals surface area contributed by atoms with Gasteiger partial charge in [0.05, 0.1) is 7.11 Å². The van der Waals surface area contributed by atoms with Crippen molar-refractivity contribution in [1.29, 1.82) is 0 Å². The van der Waals surface area contributed by atoms with Gasteiger partial charge in [-0.15, -0.1) is 0 Å². The number of benzene rings is 2. The maximum absolute atomic E-state index is 13.3. The van der Waals surface area contributed by atoms with Crippen LogP contribution in [0.1, 0.15) is 11.1 Å². The van der Waals surface area contributed by atoms with E-state index in [0.29, 0.717) is 22.0 Å². The quantitative estimate of drug-likeness (QED) is 0.283. The Morgan fingerprint density at radius 2 is 1.86 bits per heavy atom. The lowest BCUT2D eigenvalue weighted by Crippen LogP contribution is -2.38. The van der Waals surface area contributed by atoms with Crippen LogP contribution >= 0.6 is 12.2 Å². The molecule has 0 aliphatic heterocycles. The molecule has 0 aliphatic carbocycles. The molecule has 0 spiro atoms. The van der Waals surface area contributed by atoms with Gasteiger partial charge < -0.3 is 15.2 Å². The molecule has 2 N–H and O–H groups in total. The predicted molar refractivity (Wildman–Crippen MR) is 113 cm³/mol. The van der Waals surface area contributed by atoms with Crippen molar-refractivity contribution in [2.45, 2.75) is 6.92 Å². The summed E-state index contributed by atoms with van der Waals surface area (Å²) < 4.78 is 20.3. The van der Waals surface area contributed by atoms with E-state index in [0.717, 1.165) is 11.3 Å². The van der Waals surface area contributed by atoms with Crippen molar-refractivity contribution in [2.24, 2.45) is 0 Å². The Morgan fingerprint density at radius 1 is 1.11 bits per heavy atom. The molecule has 0 atom stereocenters. The Bertz CT molecular complexity index is 1030. The minimum atomic E-state index is -0.376. The average molecular weight is 395 g/mol. The van der Waals surface area contributed by atoms with Crippen molar-refractivity contribution in [3.05, 3.63) is 90.0 Å². The van der Waals surface area contributed by atoms with Crippen LogP contribution in [0, 0.1) is 12.7 Å². The number of methoxy groups -OCH3 is 1. The number of rotatable bonds is 5. The summed E-state index contributed by atoms with van der Waals surface area (Å²) >= 11 is 5.60. The third-order valence-corrected chi connectivity index (χ3v) is 4.39. The Morgan fingerprint density at radius 3 is 2.54 bits per heavy atom. The van der Waals surface area contributed by atoms with Crippen LogP contribution in [-0.2, 0) is 0 Å². The molecule has 28 heavy (non-hydrogen) atoms. The van der Waals surface area contributed by atoms with Crippen molar-refractivity contribution >= 4 is 34.3 Å². The molecule has 0 saturated carbocycles. The van der Waals surface area contributed by atoms with Crippen LogP contribution < -0.4 is 14.6 Å². The Balaban J connectivity index is 2.06. The maximum Gasteiger partial charge on any atom is 0.288 e. The van der Waals surface area contributed by atoms with E-state index in [2.05, 4.69) is 5.32 Å². The molecule has 0 fully saturated rings. The molecule has 1 heterocycles. The van der Waals surface area contributed by atoms with Crippen molar-refractivity contribution in [1.82, 2.24) is 0 Å². The first-order valence-electron chi connectivity index (χ1n) is 8.61. The summed E-state index contributed by atoms with van der Waals surface area (Å²) in [6.07, 6.45) is 3.65. The molecule has 6 heteroatoms. The zero-order valence-electron chi connectivity index (χ0n) is 15.5. The van der Waals surface area contributed by atoms with E-state index >= 15 is 0 Å². The number of hydrogen-bond acceptors (Lipinski definition) is 3. The van der Waals surface area contributed by atoms with Crippen molar-refractivity contribution in [2.75, 3.05) is 12.4 Å². The van der Waals surface area contributed by atoms with E-state index in [1.165, 1.54) is 24.3 Å². The third-order valence-electron chi connectivity index (χ3n) is 4.09. The highest BCUT2D eigenvalue weighted by Crippen LogP contribution is 2.21. The van der Waals surface area contributed by atoms with Crippen molar-refractivity contribution < 1.29 is 18.8 Å². The fourth-order valence-corrected chi connectivity index (χ4v) is 3.03. The SMILES string of the molecule is COc1cccc(NC(=S)/C(=C(/O)c2ccc(F)cc2)[n+]2cccc(C)c2)c1. The number of halogens is 1. The first-order chi connectivity index (χ1) is 13.5. The zero-order valence-corrected chi connectivity index (χ0v) is 16.3. The molecule has 0 saturated heterocycles. The van der Waals surface area contributed by atoms with E-state index in [1.54, 1.807) is 23.9 Å². The van der Waals surface area contributed by atoms with Crippen LogP contribution in [0.3, 0.4) is 0 Å².